The third kappa shape index (κ3) is 3.71. The smallest absolute Gasteiger partial charge is 0.227 e. The molecule has 1 aromatic carbocycles. The van der Waals surface area contributed by atoms with E-state index in [-0.39, 0.29) is 0 Å². The van der Waals surface area contributed by atoms with E-state index in [9.17, 15) is 0 Å². The molecule has 0 spiro atoms. The number of likely N-dealkylation sites (N-methyl/N-ethyl adjacent to an activating group) is 1. The molecule has 0 aliphatic rings. The summed E-state index contributed by atoms with van der Waals surface area (Å²) >= 11 is 0. The first-order valence-corrected chi connectivity index (χ1v) is 5.80. The monoisotopic (exact) mass is 244 g/mol. The fraction of sp³-hybridized carbons (Fsp3) is 0.231. The van der Waals surface area contributed by atoms with Crippen LogP contribution in [0.5, 0.6) is 5.75 Å². The van der Waals surface area contributed by atoms with E-state index < -0.39 is 0 Å². The summed E-state index contributed by atoms with van der Waals surface area (Å²) in [5, 5.41) is 6.15. The summed E-state index contributed by atoms with van der Waals surface area (Å²) in [5.41, 5.74) is 0.906. The molecule has 0 bridgehead atoms. The van der Waals surface area contributed by atoms with Crippen molar-refractivity contribution in [3.05, 3.63) is 42.7 Å². The minimum atomic E-state index is 0.574. The average Bonchev–Trinajstić information content (AvgIpc) is 2.41. The zero-order valence-electron chi connectivity index (χ0n) is 10.3. The second-order valence-electron chi connectivity index (χ2n) is 3.68. The minimum Gasteiger partial charge on any atom is -0.492 e. The van der Waals surface area contributed by atoms with Gasteiger partial charge in [-0.05, 0) is 25.2 Å². The molecule has 0 fully saturated rings. The third-order valence-corrected chi connectivity index (χ3v) is 2.28. The molecule has 94 valence electrons. The Bertz CT molecular complexity index is 475. The number of nitrogens with one attached hydrogen (secondary N) is 2. The van der Waals surface area contributed by atoms with Gasteiger partial charge in [0.1, 0.15) is 12.4 Å². The van der Waals surface area contributed by atoms with Crippen LogP contribution >= 0.6 is 0 Å². The Morgan fingerprint density at radius 1 is 1.17 bits per heavy atom. The maximum atomic E-state index is 5.58. The summed E-state index contributed by atoms with van der Waals surface area (Å²) in [4.78, 5) is 8.21. The van der Waals surface area contributed by atoms with E-state index in [1.54, 1.807) is 18.5 Å². The van der Waals surface area contributed by atoms with Crippen molar-refractivity contribution in [3.8, 4) is 5.75 Å². The largest absolute Gasteiger partial charge is 0.492 e. The number of anilines is 2. The number of rotatable bonds is 6. The Balaban J connectivity index is 1.99. The van der Waals surface area contributed by atoms with Gasteiger partial charge in [0, 0.05) is 30.7 Å². The highest BCUT2D eigenvalue weighted by atomic mass is 16.5. The maximum absolute atomic E-state index is 5.58. The van der Waals surface area contributed by atoms with Gasteiger partial charge in [-0.1, -0.05) is 6.07 Å². The van der Waals surface area contributed by atoms with Crippen LogP contribution in [0.3, 0.4) is 0 Å². The molecule has 5 heteroatoms. The lowest BCUT2D eigenvalue weighted by molar-refractivity contribution is 0.318. The predicted octanol–water partition coefficient (Wildman–Crippen LogP) is 1.82. The van der Waals surface area contributed by atoms with Crippen molar-refractivity contribution in [2.24, 2.45) is 0 Å². The summed E-state index contributed by atoms with van der Waals surface area (Å²) in [6.07, 6.45) is 3.39. The van der Waals surface area contributed by atoms with Crippen LogP contribution in [-0.2, 0) is 0 Å². The first kappa shape index (κ1) is 12.3. The molecule has 0 radical (unpaired) electrons. The van der Waals surface area contributed by atoms with Crippen LogP contribution < -0.4 is 15.4 Å². The molecule has 0 saturated carbocycles. The Labute approximate surface area is 106 Å². The molecule has 5 nitrogen and oxygen atoms in total. The van der Waals surface area contributed by atoms with E-state index in [2.05, 4.69) is 20.6 Å². The number of hydrogen-bond acceptors (Lipinski definition) is 5. The van der Waals surface area contributed by atoms with E-state index in [4.69, 9.17) is 4.74 Å². The number of nitrogens with zero attached hydrogens (tertiary/aromatic N) is 2. The maximum Gasteiger partial charge on any atom is 0.227 e. The van der Waals surface area contributed by atoms with Crippen LogP contribution in [0.4, 0.5) is 11.6 Å². The van der Waals surface area contributed by atoms with Crippen LogP contribution in [0.2, 0.25) is 0 Å². The highest BCUT2D eigenvalue weighted by Crippen LogP contribution is 2.19. The summed E-state index contributed by atoms with van der Waals surface area (Å²) in [6.45, 7) is 1.46. The van der Waals surface area contributed by atoms with Crippen molar-refractivity contribution in [1.82, 2.24) is 15.3 Å². The van der Waals surface area contributed by atoms with E-state index >= 15 is 0 Å². The molecule has 0 aliphatic heterocycles. The second-order valence-corrected chi connectivity index (χ2v) is 3.68. The number of benzene rings is 1. The van der Waals surface area contributed by atoms with Crippen molar-refractivity contribution >= 4 is 11.6 Å². The molecule has 2 aromatic rings. The molecular weight excluding hydrogens is 228 g/mol. The fourth-order valence-electron chi connectivity index (χ4n) is 1.43. The van der Waals surface area contributed by atoms with Gasteiger partial charge < -0.3 is 15.4 Å². The van der Waals surface area contributed by atoms with Gasteiger partial charge in [0.05, 0.1) is 0 Å². The summed E-state index contributed by atoms with van der Waals surface area (Å²) in [6, 6.07) is 9.50. The molecule has 1 heterocycles. The molecule has 0 amide bonds. The van der Waals surface area contributed by atoms with Crippen LogP contribution in [0, 0.1) is 0 Å². The molecule has 1 aromatic heterocycles. The quantitative estimate of drug-likeness (QED) is 0.759. The van der Waals surface area contributed by atoms with Gasteiger partial charge in [-0.25, -0.2) is 9.97 Å². The van der Waals surface area contributed by atoms with Gasteiger partial charge in [-0.15, -0.1) is 0 Å². The van der Waals surface area contributed by atoms with Gasteiger partial charge in [-0.3, -0.25) is 0 Å². The molecule has 0 aliphatic carbocycles. The normalized spacial score (nSPS) is 10.1. The molecular formula is C13H16N4O. The lowest BCUT2D eigenvalue weighted by atomic mass is 10.3. The lowest BCUT2D eigenvalue weighted by Gasteiger charge is -2.08. The third-order valence-electron chi connectivity index (χ3n) is 2.28. The topological polar surface area (TPSA) is 59.1 Å². The van der Waals surface area contributed by atoms with E-state index in [0.29, 0.717) is 12.6 Å². The van der Waals surface area contributed by atoms with Crippen LogP contribution in [0.1, 0.15) is 0 Å². The van der Waals surface area contributed by atoms with Gasteiger partial charge in [-0.2, -0.15) is 0 Å². The van der Waals surface area contributed by atoms with Crippen molar-refractivity contribution in [2.75, 3.05) is 25.5 Å². The van der Waals surface area contributed by atoms with Crippen molar-refractivity contribution in [1.29, 1.82) is 0 Å². The minimum absolute atomic E-state index is 0.574. The molecule has 2 N–H and O–H groups in total. The van der Waals surface area contributed by atoms with Crippen molar-refractivity contribution in [2.45, 2.75) is 0 Å². The van der Waals surface area contributed by atoms with Crippen molar-refractivity contribution in [3.63, 3.8) is 0 Å². The van der Waals surface area contributed by atoms with Gasteiger partial charge in [0.2, 0.25) is 5.95 Å². The Morgan fingerprint density at radius 2 is 2.00 bits per heavy atom. The van der Waals surface area contributed by atoms with Crippen molar-refractivity contribution < 1.29 is 4.74 Å². The molecule has 0 saturated heterocycles. The number of hydrogen-bond donors (Lipinski definition) is 2. The Morgan fingerprint density at radius 3 is 2.78 bits per heavy atom. The molecule has 2 rings (SSSR count). The second kappa shape index (κ2) is 6.56. The van der Waals surface area contributed by atoms with Gasteiger partial charge in [0.15, 0.2) is 0 Å². The fourth-order valence-corrected chi connectivity index (χ4v) is 1.43. The van der Waals surface area contributed by atoms with E-state index in [0.717, 1.165) is 18.0 Å². The van der Waals surface area contributed by atoms with Gasteiger partial charge >= 0.3 is 0 Å². The Kier molecular flexibility index (Phi) is 4.49. The first-order chi connectivity index (χ1) is 8.88. The first-order valence-electron chi connectivity index (χ1n) is 5.80. The molecule has 0 atom stereocenters. The predicted molar refractivity (Wildman–Crippen MR) is 71.2 cm³/mol. The molecule has 0 unspecified atom stereocenters. The van der Waals surface area contributed by atoms with E-state index in [1.807, 2.05) is 31.3 Å². The highest BCUT2D eigenvalue weighted by Gasteiger charge is 1.98. The standard InChI is InChI=1S/C13H16N4O/c1-14-8-9-18-12-5-2-4-11(10-12)17-13-15-6-3-7-16-13/h2-7,10,14H,8-9H2,1H3,(H,15,16,17). The number of ether oxygens (including phenoxy) is 1. The van der Waals surface area contributed by atoms with Crippen LogP contribution in [0.25, 0.3) is 0 Å². The lowest BCUT2D eigenvalue weighted by Crippen LogP contribution is -2.15. The number of aromatic nitrogens is 2. The summed E-state index contributed by atoms with van der Waals surface area (Å²) < 4.78 is 5.58. The highest BCUT2D eigenvalue weighted by molar-refractivity contribution is 5.55. The van der Waals surface area contributed by atoms with E-state index in [1.165, 1.54) is 0 Å². The summed E-state index contributed by atoms with van der Waals surface area (Å²) in [7, 11) is 1.90. The van der Waals surface area contributed by atoms with Crippen LogP contribution in [0.15, 0.2) is 42.7 Å². The average molecular weight is 244 g/mol. The zero-order chi connectivity index (χ0) is 12.6. The van der Waals surface area contributed by atoms with Crippen LogP contribution in [-0.4, -0.2) is 30.2 Å². The SMILES string of the molecule is CNCCOc1cccc(Nc2ncccn2)c1. The summed E-state index contributed by atoms with van der Waals surface area (Å²) in [5.74, 6) is 1.40. The van der Waals surface area contributed by atoms with Gasteiger partial charge in [0.25, 0.3) is 0 Å². The Hall–Kier alpha value is -2.14. The molecule has 18 heavy (non-hydrogen) atoms. The zero-order valence-corrected chi connectivity index (χ0v) is 10.3.